The van der Waals surface area contributed by atoms with Crippen LogP contribution >= 0.6 is 23.2 Å². The number of nitrogens with zero attached hydrogens (tertiary/aromatic N) is 4. The van der Waals surface area contributed by atoms with E-state index in [1.54, 1.807) is 58.4 Å². The molecular formula is C20H16Cl2N4O2. The lowest BCUT2D eigenvalue weighted by atomic mass is 10.0. The molecule has 0 unspecified atom stereocenters. The van der Waals surface area contributed by atoms with Gasteiger partial charge in [-0.15, -0.1) is 0 Å². The van der Waals surface area contributed by atoms with Crippen LogP contribution in [0, 0.1) is 0 Å². The average Bonchev–Trinajstić information content (AvgIpc) is 3.12. The van der Waals surface area contributed by atoms with Crippen molar-refractivity contribution in [3.63, 3.8) is 0 Å². The molecule has 1 aromatic carbocycles. The Bertz CT molecular complexity index is 1070. The van der Waals surface area contributed by atoms with Gasteiger partial charge in [-0.1, -0.05) is 29.3 Å². The van der Waals surface area contributed by atoms with E-state index in [9.17, 15) is 9.59 Å². The molecular weight excluding hydrogens is 399 g/mol. The predicted molar refractivity (Wildman–Crippen MR) is 107 cm³/mol. The molecule has 0 saturated heterocycles. The Labute approximate surface area is 171 Å². The first-order chi connectivity index (χ1) is 13.5. The van der Waals surface area contributed by atoms with Gasteiger partial charge < -0.3 is 4.90 Å². The number of benzene rings is 1. The van der Waals surface area contributed by atoms with Crippen molar-refractivity contribution in [2.45, 2.75) is 19.4 Å². The van der Waals surface area contributed by atoms with Gasteiger partial charge in [0.2, 0.25) is 0 Å². The third-order valence-electron chi connectivity index (χ3n) is 4.70. The minimum Gasteiger partial charge on any atom is -0.305 e. The first-order valence-electron chi connectivity index (χ1n) is 8.73. The van der Waals surface area contributed by atoms with Gasteiger partial charge in [0.15, 0.2) is 5.78 Å². The summed E-state index contributed by atoms with van der Waals surface area (Å²) in [6.07, 6.45) is 3.21. The molecule has 1 aliphatic heterocycles. The van der Waals surface area contributed by atoms with Crippen molar-refractivity contribution >= 4 is 40.6 Å². The first-order valence-corrected chi connectivity index (χ1v) is 9.49. The van der Waals surface area contributed by atoms with E-state index in [4.69, 9.17) is 23.2 Å². The van der Waals surface area contributed by atoms with Crippen LogP contribution in [0.4, 0.5) is 5.69 Å². The number of hydrogen-bond acceptors (Lipinski definition) is 4. The molecule has 0 aliphatic carbocycles. The van der Waals surface area contributed by atoms with E-state index in [0.717, 1.165) is 0 Å². The largest absolute Gasteiger partial charge is 0.305 e. The molecule has 6 nitrogen and oxygen atoms in total. The maximum absolute atomic E-state index is 13.2. The van der Waals surface area contributed by atoms with Crippen LogP contribution in [0.3, 0.4) is 0 Å². The van der Waals surface area contributed by atoms with Crippen LogP contribution in [0.1, 0.15) is 39.5 Å². The van der Waals surface area contributed by atoms with E-state index in [1.807, 2.05) is 6.92 Å². The van der Waals surface area contributed by atoms with Crippen molar-refractivity contribution in [2.24, 2.45) is 0 Å². The fourth-order valence-corrected chi connectivity index (χ4v) is 3.61. The Hall–Kier alpha value is -2.70. The monoisotopic (exact) mass is 414 g/mol. The number of hydrogen-bond donors (Lipinski definition) is 0. The molecule has 0 spiro atoms. The molecule has 4 rings (SSSR count). The minimum absolute atomic E-state index is 0.0548. The zero-order valence-electron chi connectivity index (χ0n) is 15.0. The Morgan fingerprint density at radius 3 is 2.75 bits per heavy atom. The summed E-state index contributed by atoms with van der Waals surface area (Å²) in [6, 6.07) is 10.2. The van der Waals surface area contributed by atoms with Crippen LogP contribution in [-0.2, 0) is 6.42 Å². The number of Topliss-reactive ketones (excluding diaryl/α,β-unsaturated/α-hetero) is 1. The highest BCUT2D eigenvalue weighted by Crippen LogP contribution is 2.32. The second-order valence-electron chi connectivity index (χ2n) is 6.64. The number of anilines is 1. The Balaban J connectivity index is 1.68. The molecule has 0 fully saturated rings. The molecule has 1 aliphatic rings. The van der Waals surface area contributed by atoms with Crippen LogP contribution in [0.5, 0.6) is 0 Å². The summed E-state index contributed by atoms with van der Waals surface area (Å²) in [5.74, 6) is -0.388. The SMILES string of the molecule is C[C@H]1CN(c2ccc(Cl)c(Cl)c2)C(=O)c2c(CC(=O)c3ccccn3)cnn21. The minimum atomic E-state index is -0.224. The van der Waals surface area contributed by atoms with Crippen molar-refractivity contribution in [2.75, 3.05) is 11.4 Å². The number of carbonyl (C=O) groups excluding carboxylic acids is 2. The molecule has 28 heavy (non-hydrogen) atoms. The quantitative estimate of drug-likeness (QED) is 0.598. The number of halogens is 2. The summed E-state index contributed by atoms with van der Waals surface area (Å²) in [6.45, 7) is 2.41. The maximum atomic E-state index is 13.2. The number of aromatic nitrogens is 3. The predicted octanol–water partition coefficient (Wildman–Crippen LogP) is 4.23. The molecule has 0 bridgehead atoms. The number of rotatable bonds is 4. The van der Waals surface area contributed by atoms with Crippen molar-refractivity contribution in [1.82, 2.24) is 14.8 Å². The standard InChI is InChI=1S/C20H16Cl2N4O2/c1-12-11-25(14-5-6-15(21)16(22)9-14)20(28)19-13(10-24-26(12)19)8-18(27)17-4-2-3-7-23-17/h2-7,9-10,12H,8,11H2,1H3/t12-/m0/s1. The molecule has 1 amide bonds. The van der Waals surface area contributed by atoms with Gasteiger partial charge in [0.1, 0.15) is 11.4 Å². The number of ketones is 1. The molecule has 3 aromatic rings. The van der Waals surface area contributed by atoms with Gasteiger partial charge in [-0.2, -0.15) is 5.10 Å². The maximum Gasteiger partial charge on any atom is 0.276 e. The van der Waals surface area contributed by atoms with Gasteiger partial charge in [0.05, 0.1) is 22.3 Å². The third kappa shape index (κ3) is 3.30. The van der Waals surface area contributed by atoms with Gasteiger partial charge in [0, 0.05) is 30.4 Å². The highest BCUT2D eigenvalue weighted by atomic mass is 35.5. The number of fused-ring (bicyclic) bond motifs is 1. The van der Waals surface area contributed by atoms with Crippen molar-refractivity contribution in [3.05, 3.63) is 75.8 Å². The highest BCUT2D eigenvalue weighted by molar-refractivity contribution is 6.42. The smallest absolute Gasteiger partial charge is 0.276 e. The van der Waals surface area contributed by atoms with Gasteiger partial charge in [0.25, 0.3) is 5.91 Å². The van der Waals surface area contributed by atoms with E-state index in [2.05, 4.69) is 10.1 Å². The van der Waals surface area contributed by atoms with Crippen molar-refractivity contribution in [1.29, 1.82) is 0 Å². The Kier molecular flexibility index (Phi) is 4.91. The zero-order valence-corrected chi connectivity index (χ0v) is 16.5. The molecule has 0 saturated carbocycles. The first kappa shape index (κ1) is 18.7. The van der Waals surface area contributed by atoms with E-state index in [1.165, 1.54) is 0 Å². The van der Waals surface area contributed by atoms with E-state index < -0.39 is 0 Å². The Morgan fingerprint density at radius 1 is 1.21 bits per heavy atom. The molecule has 2 aromatic heterocycles. The van der Waals surface area contributed by atoms with Gasteiger partial charge in [-0.25, -0.2) is 0 Å². The topological polar surface area (TPSA) is 68.1 Å². The van der Waals surface area contributed by atoms with Gasteiger partial charge >= 0.3 is 0 Å². The highest BCUT2D eigenvalue weighted by Gasteiger charge is 2.34. The van der Waals surface area contributed by atoms with Crippen LogP contribution in [0.2, 0.25) is 10.0 Å². The lowest BCUT2D eigenvalue weighted by Gasteiger charge is -2.32. The summed E-state index contributed by atoms with van der Waals surface area (Å²) in [5.41, 5.74) is 2.01. The van der Waals surface area contributed by atoms with E-state index in [0.29, 0.717) is 39.2 Å². The normalized spacial score (nSPS) is 16.2. The van der Waals surface area contributed by atoms with Crippen LogP contribution in [0.15, 0.2) is 48.8 Å². The molecule has 3 heterocycles. The summed E-state index contributed by atoms with van der Waals surface area (Å²) in [7, 11) is 0. The van der Waals surface area contributed by atoms with Crippen LogP contribution in [0.25, 0.3) is 0 Å². The summed E-state index contributed by atoms with van der Waals surface area (Å²) in [5, 5.41) is 5.15. The van der Waals surface area contributed by atoms with Gasteiger partial charge in [-0.05, 0) is 37.3 Å². The summed E-state index contributed by atoms with van der Waals surface area (Å²) >= 11 is 12.1. The third-order valence-corrected chi connectivity index (χ3v) is 5.44. The second kappa shape index (κ2) is 7.37. The summed E-state index contributed by atoms with van der Waals surface area (Å²) < 4.78 is 1.68. The number of carbonyl (C=O) groups is 2. The number of pyridine rings is 1. The average molecular weight is 415 g/mol. The number of amides is 1. The molecule has 8 heteroatoms. The fraction of sp³-hybridized carbons (Fsp3) is 0.200. The lowest BCUT2D eigenvalue weighted by Crippen LogP contribution is -2.43. The molecule has 142 valence electrons. The summed E-state index contributed by atoms with van der Waals surface area (Å²) in [4.78, 5) is 31.5. The lowest BCUT2D eigenvalue weighted by molar-refractivity contribution is 0.0951. The van der Waals surface area contributed by atoms with Gasteiger partial charge in [-0.3, -0.25) is 19.3 Å². The van der Waals surface area contributed by atoms with Crippen LogP contribution < -0.4 is 4.90 Å². The molecule has 0 N–H and O–H groups in total. The molecule has 0 radical (unpaired) electrons. The van der Waals surface area contributed by atoms with E-state index in [-0.39, 0.29) is 24.2 Å². The Morgan fingerprint density at radius 2 is 2.04 bits per heavy atom. The van der Waals surface area contributed by atoms with Crippen molar-refractivity contribution in [3.8, 4) is 0 Å². The fourth-order valence-electron chi connectivity index (χ4n) is 3.32. The second-order valence-corrected chi connectivity index (χ2v) is 7.46. The van der Waals surface area contributed by atoms with Crippen LogP contribution in [-0.4, -0.2) is 33.0 Å². The zero-order chi connectivity index (χ0) is 19.8. The van der Waals surface area contributed by atoms with Crippen molar-refractivity contribution < 1.29 is 9.59 Å². The van der Waals surface area contributed by atoms with E-state index >= 15 is 0 Å². The molecule has 1 atom stereocenters.